The van der Waals surface area contributed by atoms with Gasteiger partial charge in [-0.2, -0.15) is 4.98 Å². The molecule has 0 spiro atoms. The highest BCUT2D eigenvalue weighted by atomic mass is 16.5. The Morgan fingerprint density at radius 1 is 1.44 bits per heavy atom. The van der Waals surface area contributed by atoms with Crippen molar-refractivity contribution in [3.05, 3.63) is 35.7 Å². The minimum absolute atomic E-state index is 0.215. The maximum Gasteiger partial charge on any atom is 0.335 e. The summed E-state index contributed by atoms with van der Waals surface area (Å²) in [6.45, 7) is 2.09. The molecule has 0 aliphatic rings. The lowest BCUT2D eigenvalue weighted by atomic mass is 10.1. The summed E-state index contributed by atoms with van der Waals surface area (Å²) in [5, 5.41) is 12.8. The van der Waals surface area contributed by atoms with Crippen LogP contribution in [0.15, 0.2) is 28.8 Å². The maximum atomic E-state index is 10.9. The van der Waals surface area contributed by atoms with Crippen molar-refractivity contribution in [3.8, 4) is 11.4 Å². The van der Waals surface area contributed by atoms with E-state index in [1.807, 2.05) is 0 Å². The smallest absolute Gasteiger partial charge is 0.335 e. The molecule has 0 bridgehead atoms. The monoisotopic (exact) mass is 246 g/mol. The Bertz CT molecular complexity index is 549. The molecular weight excluding hydrogens is 232 g/mol. The second-order valence-corrected chi connectivity index (χ2v) is 4.00. The highest BCUT2D eigenvalue weighted by Gasteiger charge is 2.10. The van der Waals surface area contributed by atoms with Crippen molar-refractivity contribution < 1.29 is 14.4 Å². The van der Waals surface area contributed by atoms with E-state index in [0.717, 1.165) is 19.3 Å². The van der Waals surface area contributed by atoms with Crippen LogP contribution in [0.1, 0.15) is 36.0 Å². The van der Waals surface area contributed by atoms with E-state index in [1.54, 1.807) is 12.1 Å². The van der Waals surface area contributed by atoms with Crippen molar-refractivity contribution in [2.45, 2.75) is 26.2 Å². The van der Waals surface area contributed by atoms with E-state index in [0.29, 0.717) is 17.3 Å². The van der Waals surface area contributed by atoms with Crippen molar-refractivity contribution in [3.63, 3.8) is 0 Å². The number of carbonyl (C=O) groups is 1. The summed E-state index contributed by atoms with van der Waals surface area (Å²) in [7, 11) is 0. The van der Waals surface area contributed by atoms with Crippen LogP contribution in [0.5, 0.6) is 0 Å². The first-order valence-electron chi connectivity index (χ1n) is 5.87. The van der Waals surface area contributed by atoms with Gasteiger partial charge in [-0.25, -0.2) is 4.79 Å². The van der Waals surface area contributed by atoms with Gasteiger partial charge in [0.15, 0.2) is 0 Å². The Kier molecular flexibility index (Phi) is 3.72. The SMILES string of the molecule is CCCCc1nc(-c2cccc(C(=O)O)c2)no1. The average Bonchev–Trinajstić information content (AvgIpc) is 2.85. The number of nitrogens with zero attached hydrogens (tertiary/aromatic N) is 2. The fraction of sp³-hybridized carbons (Fsp3) is 0.308. The third-order valence-electron chi connectivity index (χ3n) is 2.58. The van der Waals surface area contributed by atoms with Gasteiger partial charge < -0.3 is 9.63 Å². The second kappa shape index (κ2) is 5.44. The molecule has 1 aromatic carbocycles. The fourth-order valence-electron chi connectivity index (χ4n) is 1.59. The summed E-state index contributed by atoms with van der Waals surface area (Å²) in [6.07, 6.45) is 2.81. The van der Waals surface area contributed by atoms with Gasteiger partial charge in [-0.1, -0.05) is 30.6 Å². The van der Waals surface area contributed by atoms with E-state index in [4.69, 9.17) is 9.63 Å². The molecule has 0 unspecified atom stereocenters. The minimum atomic E-state index is -0.966. The fourth-order valence-corrected chi connectivity index (χ4v) is 1.59. The topological polar surface area (TPSA) is 76.2 Å². The maximum absolute atomic E-state index is 10.9. The highest BCUT2D eigenvalue weighted by molar-refractivity contribution is 5.89. The lowest BCUT2D eigenvalue weighted by molar-refractivity contribution is 0.0697. The largest absolute Gasteiger partial charge is 0.478 e. The standard InChI is InChI=1S/C13H14N2O3/c1-2-3-7-11-14-12(15-18-11)9-5-4-6-10(8-9)13(16)17/h4-6,8H,2-3,7H2,1H3,(H,16,17). The molecule has 1 heterocycles. The van der Waals surface area contributed by atoms with Crippen molar-refractivity contribution in [2.75, 3.05) is 0 Å². The number of aromatic carboxylic acids is 1. The van der Waals surface area contributed by atoms with Crippen LogP contribution in [0.3, 0.4) is 0 Å². The number of aromatic nitrogens is 2. The second-order valence-electron chi connectivity index (χ2n) is 4.00. The van der Waals surface area contributed by atoms with Crippen molar-refractivity contribution in [1.82, 2.24) is 10.1 Å². The summed E-state index contributed by atoms with van der Waals surface area (Å²) in [6, 6.07) is 6.50. The highest BCUT2D eigenvalue weighted by Crippen LogP contribution is 2.18. The Morgan fingerprint density at radius 3 is 3.00 bits per heavy atom. The van der Waals surface area contributed by atoms with Gasteiger partial charge in [-0.15, -0.1) is 0 Å². The summed E-state index contributed by atoms with van der Waals surface area (Å²) in [5.41, 5.74) is 0.869. The third-order valence-corrected chi connectivity index (χ3v) is 2.58. The Balaban J connectivity index is 2.23. The lowest BCUT2D eigenvalue weighted by Crippen LogP contribution is -1.96. The first kappa shape index (κ1) is 12.3. The van der Waals surface area contributed by atoms with Gasteiger partial charge in [-0.05, 0) is 18.6 Å². The predicted molar refractivity (Wildman–Crippen MR) is 65.3 cm³/mol. The van der Waals surface area contributed by atoms with E-state index >= 15 is 0 Å². The zero-order valence-corrected chi connectivity index (χ0v) is 10.1. The summed E-state index contributed by atoms with van der Waals surface area (Å²) < 4.78 is 5.11. The first-order chi connectivity index (χ1) is 8.70. The molecule has 0 atom stereocenters. The van der Waals surface area contributed by atoms with Crippen LogP contribution in [0.25, 0.3) is 11.4 Å². The molecule has 5 heteroatoms. The van der Waals surface area contributed by atoms with Gasteiger partial charge >= 0.3 is 5.97 Å². The van der Waals surface area contributed by atoms with Crippen LogP contribution in [0.4, 0.5) is 0 Å². The van der Waals surface area contributed by atoms with Gasteiger partial charge in [0.1, 0.15) is 0 Å². The molecule has 5 nitrogen and oxygen atoms in total. The number of unbranched alkanes of at least 4 members (excludes halogenated alkanes) is 1. The van der Waals surface area contributed by atoms with Crippen LogP contribution >= 0.6 is 0 Å². The Labute approximate surface area is 104 Å². The molecule has 18 heavy (non-hydrogen) atoms. The average molecular weight is 246 g/mol. The number of aryl methyl sites for hydroxylation is 1. The number of benzene rings is 1. The minimum Gasteiger partial charge on any atom is -0.478 e. The molecule has 0 saturated heterocycles. The molecule has 94 valence electrons. The zero-order valence-electron chi connectivity index (χ0n) is 10.1. The van der Waals surface area contributed by atoms with Crippen molar-refractivity contribution >= 4 is 5.97 Å². The van der Waals surface area contributed by atoms with Crippen molar-refractivity contribution in [1.29, 1.82) is 0 Å². The van der Waals surface area contributed by atoms with Gasteiger partial charge in [0, 0.05) is 12.0 Å². The number of hydrogen-bond donors (Lipinski definition) is 1. The van der Waals surface area contributed by atoms with E-state index in [9.17, 15) is 4.79 Å². The van der Waals surface area contributed by atoms with Gasteiger partial charge in [0.05, 0.1) is 5.56 Å². The predicted octanol–water partition coefficient (Wildman–Crippen LogP) is 2.78. The quantitative estimate of drug-likeness (QED) is 0.877. The molecule has 2 aromatic rings. The molecule has 0 fully saturated rings. The zero-order chi connectivity index (χ0) is 13.0. The number of carboxylic acid groups (broad SMARTS) is 1. The summed E-state index contributed by atoms with van der Waals surface area (Å²) in [5.74, 6) is 0.0586. The molecule has 0 aliphatic heterocycles. The van der Waals surface area contributed by atoms with E-state index in [-0.39, 0.29) is 5.56 Å². The number of hydrogen-bond acceptors (Lipinski definition) is 4. The van der Waals surface area contributed by atoms with Crippen molar-refractivity contribution in [2.24, 2.45) is 0 Å². The van der Waals surface area contributed by atoms with E-state index in [1.165, 1.54) is 12.1 Å². The summed E-state index contributed by atoms with van der Waals surface area (Å²) in [4.78, 5) is 15.1. The van der Waals surface area contributed by atoms with Gasteiger partial charge in [0.2, 0.25) is 11.7 Å². The van der Waals surface area contributed by atoms with Crippen LogP contribution < -0.4 is 0 Å². The van der Waals surface area contributed by atoms with E-state index in [2.05, 4.69) is 17.1 Å². The molecule has 1 N–H and O–H groups in total. The van der Waals surface area contributed by atoms with Crippen LogP contribution in [-0.2, 0) is 6.42 Å². The number of carboxylic acids is 1. The third kappa shape index (κ3) is 2.74. The van der Waals surface area contributed by atoms with Gasteiger partial charge in [-0.3, -0.25) is 0 Å². The normalized spacial score (nSPS) is 10.5. The molecule has 1 aromatic heterocycles. The van der Waals surface area contributed by atoms with Crippen LogP contribution in [-0.4, -0.2) is 21.2 Å². The first-order valence-corrected chi connectivity index (χ1v) is 5.87. The van der Waals surface area contributed by atoms with Crippen LogP contribution in [0, 0.1) is 0 Å². The molecule has 0 radical (unpaired) electrons. The molecule has 0 aliphatic carbocycles. The number of rotatable bonds is 5. The molecule has 0 amide bonds. The molecular formula is C13H14N2O3. The molecule has 2 rings (SSSR count). The Morgan fingerprint density at radius 2 is 2.28 bits per heavy atom. The lowest BCUT2D eigenvalue weighted by Gasteiger charge is -1.96. The Hall–Kier alpha value is -2.17. The summed E-state index contributed by atoms with van der Waals surface area (Å²) >= 11 is 0. The van der Waals surface area contributed by atoms with Gasteiger partial charge in [0.25, 0.3) is 0 Å². The molecule has 0 saturated carbocycles. The van der Waals surface area contributed by atoms with E-state index < -0.39 is 5.97 Å². The van der Waals surface area contributed by atoms with Crippen LogP contribution in [0.2, 0.25) is 0 Å².